The van der Waals surface area contributed by atoms with Gasteiger partial charge in [-0.3, -0.25) is 9.59 Å². The van der Waals surface area contributed by atoms with E-state index in [0.29, 0.717) is 37.7 Å². The van der Waals surface area contributed by atoms with E-state index in [4.69, 9.17) is 9.47 Å². The number of carbonyl (C=O) groups excluding carboxylic acids is 3. The number of ether oxygens (including phenoxy) is 2. The molecule has 3 aliphatic carbocycles. The van der Waals surface area contributed by atoms with Crippen molar-refractivity contribution in [3.05, 3.63) is 59.8 Å². The lowest BCUT2D eigenvalue weighted by atomic mass is 9.53. The number of aromatic nitrogens is 1. The van der Waals surface area contributed by atoms with Gasteiger partial charge in [-0.15, -0.1) is 0 Å². The van der Waals surface area contributed by atoms with Gasteiger partial charge in [0.1, 0.15) is 23.7 Å². The first-order chi connectivity index (χ1) is 19.4. The largest absolute Gasteiger partial charge is 0.467 e. The Labute approximate surface area is 239 Å². The molecule has 0 spiro atoms. The van der Waals surface area contributed by atoms with E-state index in [1.54, 1.807) is 13.0 Å². The molecule has 1 aromatic carbocycles. The smallest absolute Gasteiger partial charge is 0.328 e. The van der Waals surface area contributed by atoms with E-state index in [2.05, 4.69) is 16.9 Å². The number of hydrogen-bond donors (Lipinski definition) is 4. The molecule has 2 heterocycles. The van der Waals surface area contributed by atoms with Crippen LogP contribution in [0.1, 0.15) is 51.5 Å². The first kappa shape index (κ1) is 27.7. The minimum atomic E-state index is -1.36. The molecule has 9 heteroatoms. The Kier molecular flexibility index (Phi) is 6.46. The Hall–Kier alpha value is -3.43. The highest BCUT2D eigenvalue weighted by Crippen LogP contribution is 2.64. The van der Waals surface area contributed by atoms with Crippen molar-refractivity contribution in [1.82, 2.24) is 10.3 Å². The highest BCUT2D eigenvalue weighted by molar-refractivity contribution is 5.90. The molecule has 1 amide bonds. The summed E-state index contributed by atoms with van der Waals surface area (Å²) in [4.78, 5) is 44.2. The molecular formula is C32H38N2O7. The number of para-hydroxylation sites is 1. The monoisotopic (exact) mass is 562 g/mol. The summed E-state index contributed by atoms with van der Waals surface area (Å²) in [6.07, 6.45) is 4.52. The SMILES string of the molecule is C=C1C[C@@]2([C@@H](C(=O)N[C@@H](Cc3c[nH]c4ccccc34)C(=O)OC)[C@H]3C(C)=C[C@H]4OC(=O)[C@]3(C)[C@H]4O)CCC[C@]1(O)C2. The number of fused-ring (bicyclic) bond motifs is 5. The number of carbonyl (C=O) groups is 3. The molecule has 3 fully saturated rings. The zero-order valence-corrected chi connectivity index (χ0v) is 23.7. The molecule has 1 aliphatic heterocycles. The first-order valence-electron chi connectivity index (χ1n) is 14.3. The molecule has 2 aromatic rings. The number of aromatic amines is 1. The van der Waals surface area contributed by atoms with Crippen molar-refractivity contribution in [1.29, 1.82) is 0 Å². The molecule has 218 valence electrons. The average Bonchev–Trinajstić information content (AvgIpc) is 3.47. The lowest BCUT2D eigenvalue weighted by Gasteiger charge is -2.49. The number of rotatable bonds is 7. The fraction of sp³-hybridized carbons (Fsp3) is 0.531. The van der Waals surface area contributed by atoms with Gasteiger partial charge in [-0.1, -0.05) is 30.4 Å². The molecule has 0 radical (unpaired) electrons. The van der Waals surface area contributed by atoms with Gasteiger partial charge in [0.25, 0.3) is 0 Å². The molecule has 4 bridgehead atoms. The van der Waals surface area contributed by atoms with Gasteiger partial charge in [-0.05, 0) is 74.6 Å². The average molecular weight is 563 g/mol. The molecule has 0 unspecified atom stereocenters. The summed E-state index contributed by atoms with van der Waals surface area (Å²) < 4.78 is 10.7. The van der Waals surface area contributed by atoms with Gasteiger partial charge in [0.15, 0.2) is 0 Å². The maximum atomic E-state index is 14.6. The standard InChI is InChI=1S/C32H38N2O7/c1-17-12-23-26(35)30(3,29(38)41-23)24(17)25(31-10-7-11-32(39,16-31)18(2)14-31)27(36)34-22(28(37)40-4)13-19-15-33-21-9-6-5-8-20(19)21/h5-6,8-9,12,15,22-26,33,35,39H,2,7,10-11,13-14,16H2,1,3-4H3,(H,34,36)/t22-,23+,24+,25+,26-,30-,31-,32-/m0/s1. The lowest BCUT2D eigenvalue weighted by molar-refractivity contribution is -0.155. The van der Waals surface area contributed by atoms with Gasteiger partial charge in [0.2, 0.25) is 5.91 Å². The normalized spacial score (nSPS) is 35.5. The van der Waals surface area contributed by atoms with E-state index in [0.717, 1.165) is 22.0 Å². The Balaban J connectivity index is 1.41. The molecular weight excluding hydrogens is 524 g/mol. The Morgan fingerprint density at radius 3 is 2.80 bits per heavy atom. The van der Waals surface area contributed by atoms with Crippen LogP contribution in [0.25, 0.3) is 10.9 Å². The predicted molar refractivity (Wildman–Crippen MR) is 150 cm³/mol. The van der Waals surface area contributed by atoms with Crippen LogP contribution < -0.4 is 5.32 Å². The summed E-state index contributed by atoms with van der Waals surface area (Å²) in [6.45, 7) is 7.71. The number of aliphatic hydroxyl groups is 2. The molecule has 6 rings (SSSR count). The van der Waals surface area contributed by atoms with E-state index in [1.807, 2.05) is 37.4 Å². The highest BCUT2D eigenvalue weighted by Gasteiger charge is 2.68. The number of H-pyrrole nitrogens is 1. The van der Waals surface area contributed by atoms with Crippen LogP contribution in [-0.4, -0.2) is 64.0 Å². The van der Waals surface area contributed by atoms with Crippen LogP contribution in [0.5, 0.6) is 0 Å². The number of amides is 1. The molecule has 1 saturated heterocycles. The number of hydrogen-bond acceptors (Lipinski definition) is 7. The first-order valence-corrected chi connectivity index (χ1v) is 14.3. The zero-order chi connectivity index (χ0) is 29.3. The van der Waals surface area contributed by atoms with Gasteiger partial charge >= 0.3 is 11.9 Å². The van der Waals surface area contributed by atoms with Crippen molar-refractivity contribution in [3.63, 3.8) is 0 Å². The van der Waals surface area contributed by atoms with Crippen molar-refractivity contribution < 1.29 is 34.1 Å². The van der Waals surface area contributed by atoms with Gasteiger partial charge < -0.3 is 30.0 Å². The molecule has 4 aliphatic rings. The van der Waals surface area contributed by atoms with E-state index < -0.39 is 64.4 Å². The van der Waals surface area contributed by atoms with Crippen LogP contribution in [0.15, 0.2) is 54.3 Å². The summed E-state index contributed by atoms with van der Waals surface area (Å²) in [5.41, 5.74) is 0.0651. The van der Waals surface area contributed by atoms with Crippen molar-refractivity contribution in [2.75, 3.05) is 7.11 Å². The second kappa shape index (κ2) is 9.56. The van der Waals surface area contributed by atoms with Gasteiger partial charge in [-0.2, -0.15) is 0 Å². The summed E-state index contributed by atoms with van der Waals surface area (Å²) in [6, 6.07) is 6.73. The van der Waals surface area contributed by atoms with E-state index in [1.165, 1.54) is 7.11 Å². The van der Waals surface area contributed by atoms with Crippen LogP contribution in [0.2, 0.25) is 0 Å². The lowest BCUT2D eigenvalue weighted by Crippen LogP contribution is -2.58. The number of nitrogens with one attached hydrogen (secondary N) is 2. The van der Waals surface area contributed by atoms with Crippen LogP contribution in [0.3, 0.4) is 0 Å². The third kappa shape index (κ3) is 4.07. The number of allylic oxidation sites excluding steroid dienone is 1. The van der Waals surface area contributed by atoms with Crippen molar-refractivity contribution in [2.24, 2.45) is 22.7 Å². The van der Waals surface area contributed by atoms with E-state index >= 15 is 0 Å². The van der Waals surface area contributed by atoms with Gasteiger partial charge in [0, 0.05) is 29.4 Å². The number of aliphatic hydroxyl groups excluding tert-OH is 1. The third-order valence-corrected chi connectivity index (χ3v) is 10.5. The second-order valence-electron chi connectivity index (χ2n) is 12.8. The number of methoxy groups -OCH3 is 1. The maximum Gasteiger partial charge on any atom is 0.328 e. The number of esters is 2. The molecule has 4 N–H and O–H groups in total. The number of benzene rings is 1. The van der Waals surface area contributed by atoms with Crippen LogP contribution in [0.4, 0.5) is 0 Å². The Morgan fingerprint density at radius 1 is 1.29 bits per heavy atom. The van der Waals surface area contributed by atoms with Crippen LogP contribution >= 0.6 is 0 Å². The second-order valence-corrected chi connectivity index (χ2v) is 12.8. The molecule has 41 heavy (non-hydrogen) atoms. The molecule has 2 saturated carbocycles. The molecule has 9 nitrogen and oxygen atoms in total. The fourth-order valence-electron chi connectivity index (χ4n) is 8.47. The zero-order valence-electron chi connectivity index (χ0n) is 23.7. The highest BCUT2D eigenvalue weighted by atomic mass is 16.6. The van der Waals surface area contributed by atoms with Crippen LogP contribution in [0, 0.1) is 22.7 Å². The van der Waals surface area contributed by atoms with Crippen LogP contribution in [-0.2, 0) is 30.3 Å². The van der Waals surface area contributed by atoms with Crippen molar-refractivity contribution in [2.45, 2.75) is 76.2 Å². The Bertz CT molecular complexity index is 1480. The minimum Gasteiger partial charge on any atom is -0.467 e. The van der Waals surface area contributed by atoms with Crippen molar-refractivity contribution in [3.8, 4) is 0 Å². The quantitative estimate of drug-likeness (QED) is 0.301. The third-order valence-electron chi connectivity index (χ3n) is 10.5. The van der Waals surface area contributed by atoms with Gasteiger partial charge in [0.05, 0.1) is 18.6 Å². The van der Waals surface area contributed by atoms with Crippen molar-refractivity contribution >= 4 is 28.7 Å². The minimum absolute atomic E-state index is 0.197. The topological polar surface area (TPSA) is 138 Å². The summed E-state index contributed by atoms with van der Waals surface area (Å²) in [7, 11) is 1.29. The van der Waals surface area contributed by atoms with E-state index in [9.17, 15) is 24.6 Å². The fourth-order valence-corrected chi connectivity index (χ4v) is 8.47. The summed E-state index contributed by atoms with van der Waals surface area (Å²) in [5.74, 6) is -3.09. The molecule has 1 aromatic heterocycles. The Morgan fingerprint density at radius 2 is 2.05 bits per heavy atom. The maximum absolute atomic E-state index is 14.6. The predicted octanol–water partition coefficient (Wildman–Crippen LogP) is 3.10. The van der Waals surface area contributed by atoms with E-state index in [-0.39, 0.29) is 6.42 Å². The van der Waals surface area contributed by atoms with Gasteiger partial charge in [-0.25, -0.2) is 4.79 Å². The summed E-state index contributed by atoms with van der Waals surface area (Å²) >= 11 is 0. The summed E-state index contributed by atoms with van der Waals surface area (Å²) in [5, 5.41) is 26.6. The molecule has 8 atom stereocenters.